The van der Waals surface area contributed by atoms with Crippen LogP contribution in [0.4, 0.5) is 0 Å². The SMILES string of the molecule is COC(=O)C1CN(C(=O)c2cccnc2SC)CCO1. The van der Waals surface area contributed by atoms with Crippen LogP contribution < -0.4 is 0 Å². The second-order valence-corrected chi connectivity index (χ2v) is 4.99. The predicted octanol–water partition coefficient (Wildman–Crippen LogP) is 0.817. The number of ether oxygens (including phenoxy) is 2. The number of thioether (sulfide) groups is 1. The van der Waals surface area contributed by atoms with Gasteiger partial charge in [0.15, 0.2) is 6.10 Å². The van der Waals surface area contributed by atoms with Gasteiger partial charge in [-0.25, -0.2) is 9.78 Å². The second-order valence-electron chi connectivity index (χ2n) is 4.19. The lowest BCUT2D eigenvalue weighted by molar-refractivity contribution is -0.158. The van der Waals surface area contributed by atoms with Gasteiger partial charge >= 0.3 is 5.97 Å². The number of amides is 1. The highest BCUT2D eigenvalue weighted by Gasteiger charge is 2.31. The molecule has 1 amide bonds. The summed E-state index contributed by atoms with van der Waals surface area (Å²) in [6, 6.07) is 3.47. The molecule has 1 aliphatic rings. The average Bonchev–Trinajstić information content (AvgIpc) is 2.53. The first kappa shape index (κ1) is 14.8. The van der Waals surface area contributed by atoms with Crippen molar-refractivity contribution in [3.8, 4) is 0 Å². The van der Waals surface area contributed by atoms with Gasteiger partial charge in [-0.3, -0.25) is 4.79 Å². The van der Waals surface area contributed by atoms with Crippen molar-refractivity contribution < 1.29 is 19.1 Å². The number of rotatable bonds is 3. The van der Waals surface area contributed by atoms with Crippen LogP contribution in [0.5, 0.6) is 0 Å². The Bertz CT molecular complexity index is 509. The molecule has 0 spiro atoms. The smallest absolute Gasteiger partial charge is 0.336 e. The molecule has 0 aliphatic carbocycles. The number of esters is 1. The Labute approximate surface area is 121 Å². The first-order valence-electron chi connectivity index (χ1n) is 6.15. The average molecular weight is 296 g/mol. The molecule has 1 atom stereocenters. The number of hydrogen-bond donors (Lipinski definition) is 0. The van der Waals surface area contributed by atoms with Crippen LogP contribution >= 0.6 is 11.8 Å². The number of carbonyl (C=O) groups is 2. The predicted molar refractivity (Wildman–Crippen MR) is 73.7 cm³/mol. The lowest BCUT2D eigenvalue weighted by Gasteiger charge is -2.31. The summed E-state index contributed by atoms with van der Waals surface area (Å²) < 4.78 is 9.96. The van der Waals surface area contributed by atoms with E-state index >= 15 is 0 Å². The molecular formula is C13H16N2O4S. The number of aromatic nitrogens is 1. The fourth-order valence-corrected chi connectivity index (χ4v) is 2.54. The zero-order valence-electron chi connectivity index (χ0n) is 11.4. The van der Waals surface area contributed by atoms with Crippen LogP contribution in [0.2, 0.25) is 0 Å². The van der Waals surface area contributed by atoms with Crippen molar-refractivity contribution in [2.45, 2.75) is 11.1 Å². The summed E-state index contributed by atoms with van der Waals surface area (Å²) in [5, 5.41) is 0.679. The molecule has 1 aromatic rings. The molecule has 6 nitrogen and oxygen atoms in total. The fraction of sp³-hybridized carbons (Fsp3) is 0.462. The summed E-state index contributed by atoms with van der Waals surface area (Å²) >= 11 is 1.42. The molecule has 0 radical (unpaired) electrons. The van der Waals surface area contributed by atoms with Crippen LogP contribution in [0.1, 0.15) is 10.4 Å². The number of nitrogens with zero attached hydrogens (tertiary/aromatic N) is 2. The molecule has 1 aliphatic heterocycles. The van der Waals surface area contributed by atoms with Gasteiger partial charge in [-0.2, -0.15) is 0 Å². The highest BCUT2D eigenvalue weighted by atomic mass is 32.2. The fourth-order valence-electron chi connectivity index (χ4n) is 1.99. The molecule has 108 valence electrons. The maximum Gasteiger partial charge on any atom is 0.336 e. The summed E-state index contributed by atoms with van der Waals surface area (Å²) in [4.78, 5) is 29.8. The Morgan fingerprint density at radius 2 is 2.35 bits per heavy atom. The zero-order valence-corrected chi connectivity index (χ0v) is 12.2. The highest BCUT2D eigenvalue weighted by molar-refractivity contribution is 7.98. The molecule has 1 aromatic heterocycles. The topological polar surface area (TPSA) is 68.7 Å². The van der Waals surface area contributed by atoms with E-state index in [2.05, 4.69) is 9.72 Å². The molecule has 0 saturated carbocycles. The number of hydrogen-bond acceptors (Lipinski definition) is 6. The van der Waals surface area contributed by atoms with E-state index in [-0.39, 0.29) is 12.5 Å². The standard InChI is InChI=1S/C13H16N2O4S/c1-18-13(17)10-8-15(6-7-19-10)12(16)9-4-3-5-14-11(9)20-2/h3-5,10H,6-8H2,1-2H3. The molecule has 1 unspecified atom stereocenters. The van der Waals surface area contributed by atoms with Gasteiger partial charge in [0, 0.05) is 12.7 Å². The van der Waals surface area contributed by atoms with Crippen LogP contribution in [0.3, 0.4) is 0 Å². The van der Waals surface area contributed by atoms with Crippen LogP contribution in [-0.4, -0.2) is 60.9 Å². The van der Waals surface area contributed by atoms with Gasteiger partial charge in [0.1, 0.15) is 5.03 Å². The minimum atomic E-state index is -0.716. The van der Waals surface area contributed by atoms with Gasteiger partial charge < -0.3 is 14.4 Å². The summed E-state index contributed by atoms with van der Waals surface area (Å²) in [5.74, 6) is -0.599. The Balaban J connectivity index is 2.14. The molecule has 7 heteroatoms. The lowest BCUT2D eigenvalue weighted by Crippen LogP contribution is -2.49. The van der Waals surface area contributed by atoms with Crippen molar-refractivity contribution in [2.75, 3.05) is 33.1 Å². The molecule has 1 saturated heterocycles. The third-order valence-corrected chi connectivity index (χ3v) is 3.72. The van der Waals surface area contributed by atoms with Crippen molar-refractivity contribution in [1.29, 1.82) is 0 Å². The van der Waals surface area contributed by atoms with Gasteiger partial charge in [0.25, 0.3) is 5.91 Å². The normalized spacial score (nSPS) is 18.7. The van der Waals surface area contributed by atoms with E-state index in [1.807, 2.05) is 6.26 Å². The van der Waals surface area contributed by atoms with Gasteiger partial charge in [-0.1, -0.05) is 0 Å². The lowest BCUT2D eigenvalue weighted by atomic mass is 10.2. The second kappa shape index (κ2) is 6.71. The quantitative estimate of drug-likeness (QED) is 0.607. The summed E-state index contributed by atoms with van der Waals surface area (Å²) in [5.41, 5.74) is 0.547. The zero-order chi connectivity index (χ0) is 14.5. The number of methoxy groups -OCH3 is 1. The molecule has 0 N–H and O–H groups in total. The Hall–Kier alpha value is -1.60. The minimum Gasteiger partial charge on any atom is -0.467 e. The van der Waals surface area contributed by atoms with Crippen LogP contribution in [-0.2, 0) is 14.3 Å². The van der Waals surface area contributed by atoms with Crippen LogP contribution in [0.25, 0.3) is 0 Å². The summed E-state index contributed by atoms with van der Waals surface area (Å²) in [7, 11) is 1.30. The van der Waals surface area contributed by atoms with Crippen molar-refractivity contribution in [2.24, 2.45) is 0 Å². The molecule has 0 bridgehead atoms. The van der Waals surface area contributed by atoms with E-state index in [0.717, 1.165) is 0 Å². The van der Waals surface area contributed by atoms with Gasteiger partial charge in [-0.05, 0) is 18.4 Å². The van der Waals surface area contributed by atoms with E-state index in [4.69, 9.17) is 4.74 Å². The number of morpholine rings is 1. The van der Waals surface area contributed by atoms with Crippen LogP contribution in [0, 0.1) is 0 Å². The van der Waals surface area contributed by atoms with Crippen molar-refractivity contribution in [3.05, 3.63) is 23.9 Å². The highest BCUT2D eigenvalue weighted by Crippen LogP contribution is 2.20. The Morgan fingerprint density at radius 1 is 1.55 bits per heavy atom. The molecule has 1 fully saturated rings. The van der Waals surface area contributed by atoms with E-state index in [0.29, 0.717) is 23.7 Å². The van der Waals surface area contributed by atoms with Gasteiger partial charge in [0.2, 0.25) is 0 Å². The van der Waals surface area contributed by atoms with E-state index in [9.17, 15) is 9.59 Å². The molecular weight excluding hydrogens is 280 g/mol. The Kier molecular flexibility index (Phi) is 4.97. The molecule has 2 rings (SSSR count). The van der Waals surface area contributed by atoms with E-state index in [1.54, 1.807) is 23.2 Å². The van der Waals surface area contributed by atoms with E-state index < -0.39 is 12.1 Å². The summed E-state index contributed by atoms with van der Waals surface area (Å²) in [6.07, 6.45) is 2.81. The van der Waals surface area contributed by atoms with Crippen molar-refractivity contribution in [3.63, 3.8) is 0 Å². The third kappa shape index (κ3) is 3.10. The first-order chi connectivity index (χ1) is 9.67. The Morgan fingerprint density at radius 3 is 3.05 bits per heavy atom. The maximum atomic E-state index is 12.5. The van der Waals surface area contributed by atoms with E-state index in [1.165, 1.54) is 18.9 Å². The molecule has 0 aromatic carbocycles. The first-order valence-corrected chi connectivity index (χ1v) is 7.37. The van der Waals surface area contributed by atoms with Crippen LogP contribution in [0.15, 0.2) is 23.4 Å². The number of carbonyl (C=O) groups excluding carboxylic acids is 2. The molecule has 20 heavy (non-hydrogen) atoms. The number of pyridine rings is 1. The van der Waals surface area contributed by atoms with Crippen molar-refractivity contribution in [1.82, 2.24) is 9.88 Å². The van der Waals surface area contributed by atoms with Crippen molar-refractivity contribution >= 4 is 23.6 Å². The third-order valence-electron chi connectivity index (χ3n) is 3.01. The monoisotopic (exact) mass is 296 g/mol. The maximum absolute atomic E-state index is 12.5. The minimum absolute atomic E-state index is 0.139. The summed E-state index contributed by atoms with van der Waals surface area (Å²) in [6.45, 7) is 0.976. The largest absolute Gasteiger partial charge is 0.467 e. The van der Waals surface area contributed by atoms with Gasteiger partial charge in [0.05, 0.1) is 25.8 Å². The molecule has 2 heterocycles. The van der Waals surface area contributed by atoms with Gasteiger partial charge in [-0.15, -0.1) is 11.8 Å².